The van der Waals surface area contributed by atoms with E-state index in [2.05, 4.69) is 21.0 Å². The first-order valence-corrected chi connectivity index (χ1v) is 15.2. The van der Waals surface area contributed by atoms with Crippen LogP contribution in [0.2, 0.25) is 0 Å². The van der Waals surface area contributed by atoms with Gasteiger partial charge in [0.2, 0.25) is 29.5 Å². The fraction of sp³-hybridized carbons (Fsp3) is 0.531. The summed E-state index contributed by atoms with van der Waals surface area (Å²) in [7, 11) is 1.48. The summed E-state index contributed by atoms with van der Waals surface area (Å²) in [4.78, 5) is 81.7. The number of Topliss-reactive ketones (excluding diaryl/α,β-unsaturated/α-hetero) is 1. The molecule has 1 aromatic heterocycles. The third-order valence-electron chi connectivity index (χ3n) is 7.95. The number of amides is 5. The molecule has 2 aromatic rings. The Kier molecular flexibility index (Phi) is 12.0. The van der Waals surface area contributed by atoms with Gasteiger partial charge in [-0.3, -0.25) is 33.4 Å². The van der Waals surface area contributed by atoms with Gasteiger partial charge < -0.3 is 25.8 Å². The Bertz CT molecular complexity index is 1420. The monoisotopic (exact) mass is 623 g/mol. The lowest BCUT2D eigenvalue weighted by Gasteiger charge is -2.30. The van der Waals surface area contributed by atoms with E-state index in [1.165, 1.54) is 28.5 Å². The number of carbonyl (C=O) groups excluding carboxylic acids is 6. The molecule has 13 nitrogen and oxygen atoms in total. The normalized spacial score (nSPS) is 20.7. The average molecular weight is 624 g/mol. The first-order chi connectivity index (χ1) is 21.2. The number of nitrogens with zero attached hydrogens (tertiary/aromatic N) is 4. The Hall–Kier alpha value is -4.55. The maximum absolute atomic E-state index is 13.6. The van der Waals surface area contributed by atoms with E-state index < -0.39 is 47.7 Å². The van der Waals surface area contributed by atoms with Gasteiger partial charge in [0.1, 0.15) is 24.7 Å². The molecule has 0 spiro atoms. The first kappa shape index (κ1) is 34.9. The highest BCUT2D eigenvalue weighted by Gasteiger charge is 2.33. The van der Waals surface area contributed by atoms with Crippen LogP contribution in [0.4, 0.5) is 0 Å². The number of aromatic nitrogens is 2. The van der Waals surface area contributed by atoms with Crippen molar-refractivity contribution < 1.29 is 28.8 Å². The zero-order chi connectivity index (χ0) is 33.4. The quantitative estimate of drug-likeness (QED) is 0.384. The van der Waals surface area contributed by atoms with E-state index in [1.807, 2.05) is 44.2 Å². The standard InChI is InChI=1S/C32H45N7O6/c1-19(2)15-26-32(45)37(7)22(5)30(43)35-25(16-24-11-9-8-10-12-24)31(44)33-13-14-38(17-27(41)34-26)28(42)18-39-21(4)29(23(6)40)20(3)36-39/h8-12,19,22,25-26H,13-18H2,1-7H3,(H,33,44)(H,34,41)(H,35,43)/t22-,25-,26-/m0/s1. The summed E-state index contributed by atoms with van der Waals surface area (Å²) in [6.07, 6.45) is 0.519. The molecule has 1 aliphatic heterocycles. The molecule has 0 unspecified atom stereocenters. The summed E-state index contributed by atoms with van der Waals surface area (Å²) < 4.78 is 1.42. The van der Waals surface area contributed by atoms with Gasteiger partial charge in [-0.25, -0.2) is 0 Å². The Morgan fingerprint density at radius 1 is 1.00 bits per heavy atom. The van der Waals surface area contributed by atoms with Crippen molar-refractivity contribution in [3.63, 3.8) is 0 Å². The van der Waals surface area contributed by atoms with E-state index in [1.54, 1.807) is 20.8 Å². The highest BCUT2D eigenvalue weighted by atomic mass is 16.2. The molecule has 0 radical (unpaired) electrons. The lowest BCUT2D eigenvalue weighted by molar-refractivity contribution is -0.142. The molecule has 1 fully saturated rings. The molecular weight excluding hydrogens is 578 g/mol. The molecule has 1 saturated heterocycles. The summed E-state index contributed by atoms with van der Waals surface area (Å²) in [6.45, 7) is 9.57. The van der Waals surface area contributed by atoms with Gasteiger partial charge in [0.15, 0.2) is 5.78 Å². The molecule has 0 saturated carbocycles. The summed E-state index contributed by atoms with van der Waals surface area (Å²) in [5.41, 5.74) is 2.29. The lowest BCUT2D eigenvalue weighted by Crippen LogP contribution is -2.57. The van der Waals surface area contributed by atoms with Crippen LogP contribution in [-0.4, -0.2) is 99.7 Å². The number of benzene rings is 1. The Balaban J connectivity index is 1.93. The van der Waals surface area contributed by atoms with Crippen molar-refractivity contribution in [2.45, 2.75) is 79.1 Å². The van der Waals surface area contributed by atoms with Crippen molar-refractivity contribution in [2.24, 2.45) is 5.92 Å². The van der Waals surface area contributed by atoms with Crippen LogP contribution in [0.5, 0.6) is 0 Å². The van der Waals surface area contributed by atoms with E-state index in [-0.39, 0.29) is 44.3 Å². The van der Waals surface area contributed by atoms with Crippen molar-refractivity contribution in [1.82, 2.24) is 35.5 Å². The predicted octanol–water partition coefficient (Wildman–Crippen LogP) is 0.766. The first-order valence-electron chi connectivity index (χ1n) is 15.2. The van der Waals surface area contributed by atoms with Gasteiger partial charge in [0.25, 0.3) is 0 Å². The van der Waals surface area contributed by atoms with Crippen molar-refractivity contribution in [1.29, 1.82) is 0 Å². The van der Waals surface area contributed by atoms with Crippen molar-refractivity contribution >= 4 is 35.3 Å². The van der Waals surface area contributed by atoms with E-state index >= 15 is 0 Å². The largest absolute Gasteiger partial charge is 0.353 e. The Morgan fingerprint density at radius 3 is 2.27 bits per heavy atom. The number of nitrogens with one attached hydrogen (secondary N) is 3. The van der Waals surface area contributed by atoms with Gasteiger partial charge in [-0.1, -0.05) is 44.2 Å². The topological polar surface area (TPSA) is 163 Å². The Labute approximate surface area is 264 Å². The number of likely N-dealkylation sites (N-methyl/N-ethyl adjacent to an activating group) is 1. The molecule has 13 heteroatoms. The third-order valence-corrected chi connectivity index (χ3v) is 7.95. The number of hydrogen-bond donors (Lipinski definition) is 3. The number of carbonyl (C=O) groups is 6. The molecule has 45 heavy (non-hydrogen) atoms. The van der Waals surface area contributed by atoms with Gasteiger partial charge in [0.05, 0.1) is 17.8 Å². The second-order valence-electron chi connectivity index (χ2n) is 12.0. The minimum atomic E-state index is -0.953. The summed E-state index contributed by atoms with van der Waals surface area (Å²) in [6, 6.07) is 6.39. The van der Waals surface area contributed by atoms with Crippen molar-refractivity contribution in [3.05, 3.63) is 52.8 Å². The van der Waals surface area contributed by atoms with E-state index in [0.29, 0.717) is 23.4 Å². The highest BCUT2D eigenvalue weighted by molar-refractivity contribution is 5.97. The van der Waals surface area contributed by atoms with Crippen LogP contribution in [0.15, 0.2) is 30.3 Å². The lowest BCUT2D eigenvalue weighted by atomic mass is 10.0. The summed E-state index contributed by atoms with van der Waals surface area (Å²) >= 11 is 0. The maximum atomic E-state index is 13.6. The van der Waals surface area contributed by atoms with Crippen LogP contribution in [0.3, 0.4) is 0 Å². The number of ketones is 1. The fourth-order valence-corrected chi connectivity index (χ4v) is 5.39. The van der Waals surface area contributed by atoms with Gasteiger partial charge >= 0.3 is 0 Å². The van der Waals surface area contributed by atoms with Crippen LogP contribution < -0.4 is 16.0 Å². The second kappa shape index (κ2) is 15.4. The summed E-state index contributed by atoms with van der Waals surface area (Å²) in [5.74, 6) is -2.60. The zero-order valence-corrected chi connectivity index (χ0v) is 27.2. The van der Waals surface area contributed by atoms with Gasteiger partial charge in [-0.15, -0.1) is 0 Å². The molecule has 3 rings (SSSR count). The number of aryl methyl sites for hydroxylation is 1. The number of rotatable bonds is 7. The van der Waals surface area contributed by atoms with Crippen LogP contribution in [-0.2, 0) is 36.9 Å². The molecule has 5 amide bonds. The molecule has 1 aromatic carbocycles. The SMILES string of the molecule is CC(=O)c1c(C)nn(CC(=O)N2CCNC(=O)[C@H](Cc3ccccc3)NC(=O)[C@H](C)N(C)C(=O)[C@H](CC(C)C)NC(=O)C2)c1C. The molecular formula is C32H45N7O6. The molecule has 3 atom stereocenters. The molecule has 3 N–H and O–H groups in total. The van der Waals surface area contributed by atoms with Crippen LogP contribution in [0.1, 0.15) is 61.4 Å². The van der Waals surface area contributed by atoms with Crippen LogP contribution >= 0.6 is 0 Å². The van der Waals surface area contributed by atoms with Gasteiger partial charge in [-0.2, -0.15) is 5.10 Å². The molecule has 0 aliphatic carbocycles. The highest BCUT2D eigenvalue weighted by Crippen LogP contribution is 2.15. The summed E-state index contributed by atoms with van der Waals surface area (Å²) in [5, 5.41) is 12.7. The van der Waals surface area contributed by atoms with E-state index in [0.717, 1.165) is 5.56 Å². The zero-order valence-electron chi connectivity index (χ0n) is 27.2. The molecule has 0 bridgehead atoms. The third kappa shape index (κ3) is 9.22. The van der Waals surface area contributed by atoms with Crippen LogP contribution in [0.25, 0.3) is 0 Å². The van der Waals surface area contributed by atoms with Gasteiger partial charge in [0, 0.05) is 32.3 Å². The van der Waals surface area contributed by atoms with Gasteiger partial charge in [-0.05, 0) is 45.6 Å². The Morgan fingerprint density at radius 2 is 1.67 bits per heavy atom. The van der Waals surface area contributed by atoms with Crippen LogP contribution in [0, 0.1) is 19.8 Å². The molecule has 2 heterocycles. The predicted molar refractivity (Wildman–Crippen MR) is 167 cm³/mol. The molecule has 1 aliphatic rings. The maximum Gasteiger partial charge on any atom is 0.245 e. The number of hydrogen-bond acceptors (Lipinski definition) is 7. The van der Waals surface area contributed by atoms with Crippen molar-refractivity contribution in [3.8, 4) is 0 Å². The van der Waals surface area contributed by atoms with Crippen molar-refractivity contribution in [2.75, 3.05) is 26.7 Å². The smallest absolute Gasteiger partial charge is 0.245 e. The van der Waals surface area contributed by atoms with E-state index in [9.17, 15) is 28.8 Å². The molecule has 244 valence electrons. The average Bonchev–Trinajstić information content (AvgIpc) is 3.26. The fourth-order valence-electron chi connectivity index (χ4n) is 5.39. The van der Waals surface area contributed by atoms with E-state index in [4.69, 9.17) is 0 Å². The minimum Gasteiger partial charge on any atom is -0.353 e. The minimum absolute atomic E-state index is 0.00135. The second-order valence-corrected chi connectivity index (χ2v) is 12.0.